The van der Waals surface area contributed by atoms with E-state index < -0.39 is 0 Å². The SMILES string of the molecule is Cc1ccc(C(C)NC(=O)c2ccc(F)c(C)c2)o1. The van der Waals surface area contributed by atoms with Gasteiger partial charge in [0.1, 0.15) is 17.3 Å². The molecule has 1 atom stereocenters. The van der Waals surface area contributed by atoms with Gasteiger partial charge < -0.3 is 9.73 Å². The minimum Gasteiger partial charge on any atom is -0.464 e. The Kier molecular flexibility index (Phi) is 3.69. The summed E-state index contributed by atoms with van der Waals surface area (Å²) in [5.74, 6) is 0.939. The standard InChI is InChI=1S/C15H16FNO2/c1-9-8-12(5-6-13(9)16)15(18)17-11(3)14-7-4-10(2)19-14/h4-8,11H,1-3H3,(H,17,18). The van der Waals surface area contributed by atoms with E-state index in [1.54, 1.807) is 6.92 Å². The van der Waals surface area contributed by atoms with Crippen molar-refractivity contribution in [2.24, 2.45) is 0 Å². The monoisotopic (exact) mass is 261 g/mol. The number of nitrogens with one attached hydrogen (secondary N) is 1. The van der Waals surface area contributed by atoms with Crippen molar-refractivity contribution in [1.29, 1.82) is 0 Å². The number of rotatable bonds is 3. The third-order valence-corrected chi connectivity index (χ3v) is 2.96. The first-order chi connectivity index (χ1) is 8.97. The van der Waals surface area contributed by atoms with Crippen molar-refractivity contribution in [3.05, 3.63) is 58.8 Å². The average molecular weight is 261 g/mol. The van der Waals surface area contributed by atoms with Gasteiger partial charge in [-0.05, 0) is 56.7 Å². The van der Waals surface area contributed by atoms with Crippen LogP contribution in [0.15, 0.2) is 34.7 Å². The zero-order valence-electron chi connectivity index (χ0n) is 11.2. The van der Waals surface area contributed by atoms with Crippen molar-refractivity contribution >= 4 is 5.91 Å². The lowest BCUT2D eigenvalue weighted by molar-refractivity contribution is 0.0935. The van der Waals surface area contributed by atoms with Crippen LogP contribution in [0, 0.1) is 19.7 Å². The highest BCUT2D eigenvalue weighted by molar-refractivity contribution is 5.94. The Labute approximate surface area is 111 Å². The van der Waals surface area contributed by atoms with Gasteiger partial charge in [0.05, 0.1) is 6.04 Å². The highest BCUT2D eigenvalue weighted by Crippen LogP contribution is 2.16. The lowest BCUT2D eigenvalue weighted by atomic mass is 10.1. The molecule has 0 bridgehead atoms. The zero-order chi connectivity index (χ0) is 14.0. The zero-order valence-corrected chi connectivity index (χ0v) is 11.2. The largest absolute Gasteiger partial charge is 0.464 e. The van der Waals surface area contributed by atoms with Crippen LogP contribution >= 0.6 is 0 Å². The van der Waals surface area contributed by atoms with Crippen LogP contribution in [0.1, 0.15) is 40.4 Å². The molecule has 19 heavy (non-hydrogen) atoms. The number of furan rings is 1. The Morgan fingerprint density at radius 3 is 2.58 bits per heavy atom. The molecule has 0 radical (unpaired) electrons. The van der Waals surface area contributed by atoms with E-state index in [4.69, 9.17) is 4.42 Å². The number of aryl methyl sites for hydroxylation is 2. The minimum absolute atomic E-state index is 0.230. The van der Waals surface area contributed by atoms with Gasteiger partial charge >= 0.3 is 0 Å². The molecule has 3 nitrogen and oxygen atoms in total. The Morgan fingerprint density at radius 2 is 2.00 bits per heavy atom. The summed E-state index contributed by atoms with van der Waals surface area (Å²) < 4.78 is 18.6. The molecule has 0 aliphatic carbocycles. The first-order valence-corrected chi connectivity index (χ1v) is 6.10. The van der Waals surface area contributed by atoms with Gasteiger partial charge in [0, 0.05) is 5.56 Å². The summed E-state index contributed by atoms with van der Waals surface area (Å²) in [5.41, 5.74) is 0.892. The van der Waals surface area contributed by atoms with Crippen molar-refractivity contribution in [2.75, 3.05) is 0 Å². The molecule has 0 aliphatic rings. The van der Waals surface area contributed by atoms with Gasteiger partial charge in [-0.1, -0.05) is 0 Å². The second-order valence-corrected chi connectivity index (χ2v) is 4.61. The van der Waals surface area contributed by atoms with E-state index in [1.165, 1.54) is 18.2 Å². The van der Waals surface area contributed by atoms with Gasteiger partial charge in [0.2, 0.25) is 0 Å². The molecule has 0 aliphatic heterocycles. The third kappa shape index (κ3) is 3.02. The molecule has 2 aromatic rings. The Bertz CT molecular complexity index is 604. The van der Waals surface area contributed by atoms with Gasteiger partial charge in [0.15, 0.2) is 0 Å². The van der Waals surface area contributed by atoms with Crippen LogP contribution in [0.4, 0.5) is 4.39 Å². The Balaban J connectivity index is 2.10. The van der Waals surface area contributed by atoms with Crippen LogP contribution in [0.2, 0.25) is 0 Å². The van der Waals surface area contributed by atoms with E-state index in [0.717, 1.165) is 5.76 Å². The van der Waals surface area contributed by atoms with Crippen LogP contribution < -0.4 is 5.32 Å². The van der Waals surface area contributed by atoms with Gasteiger partial charge in [-0.15, -0.1) is 0 Å². The molecule has 0 saturated heterocycles. The fourth-order valence-electron chi connectivity index (χ4n) is 1.82. The first-order valence-electron chi connectivity index (χ1n) is 6.10. The second kappa shape index (κ2) is 5.26. The topological polar surface area (TPSA) is 42.2 Å². The molecular formula is C15H16FNO2. The van der Waals surface area contributed by atoms with Crippen LogP contribution in [0.5, 0.6) is 0 Å². The van der Waals surface area contributed by atoms with Crippen molar-refractivity contribution < 1.29 is 13.6 Å². The number of hydrogen-bond donors (Lipinski definition) is 1. The molecule has 4 heteroatoms. The molecule has 1 amide bonds. The Hall–Kier alpha value is -2.10. The molecule has 0 fully saturated rings. The number of carbonyl (C=O) groups is 1. The predicted molar refractivity (Wildman–Crippen MR) is 70.5 cm³/mol. The number of hydrogen-bond acceptors (Lipinski definition) is 2. The summed E-state index contributed by atoms with van der Waals surface area (Å²) in [5, 5.41) is 2.82. The highest BCUT2D eigenvalue weighted by atomic mass is 19.1. The summed E-state index contributed by atoms with van der Waals surface area (Å²) >= 11 is 0. The van der Waals surface area contributed by atoms with E-state index in [2.05, 4.69) is 5.32 Å². The van der Waals surface area contributed by atoms with E-state index in [0.29, 0.717) is 16.9 Å². The minimum atomic E-state index is -0.314. The van der Waals surface area contributed by atoms with E-state index in [9.17, 15) is 9.18 Å². The number of amides is 1. The first kappa shape index (κ1) is 13.3. The molecule has 2 rings (SSSR count). The maximum Gasteiger partial charge on any atom is 0.251 e. The molecular weight excluding hydrogens is 245 g/mol. The molecule has 1 unspecified atom stereocenters. The van der Waals surface area contributed by atoms with Crippen LogP contribution in [0.25, 0.3) is 0 Å². The summed E-state index contributed by atoms with van der Waals surface area (Å²) in [6.07, 6.45) is 0. The Morgan fingerprint density at radius 1 is 1.26 bits per heavy atom. The van der Waals surface area contributed by atoms with Crippen LogP contribution in [0.3, 0.4) is 0 Å². The smallest absolute Gasteiger partial charge is 0.251 e. The normalized spacial score (nSPS) is 12.2. The van der Waals surface area contributed by atoms with Crippen molar-refractivity contribution in [3.8, 4) is 0 Å². The molecule has 100 valence electrons. The maximum absolute atomic E-state index is 13.1. The van der Waals surface area contributed by atoms with Crippen molar-refractivity contribution in [1.82, 2.24) is 5.32 Å². The molecule has 1 aromatic carbocycles. The summed E-state index contributed by atoms with van der Waals surface area (Å²) in [6, 6.07) is 7.75. The van der Waals surface area contributed by atoms with E-state index >= 15 is 0 Å². The third-order valence-electron chi connectivity index (χ3n) is 2.96. The molecule has 1 aromatic heterocycles. The second-order valence-electron chi connectivity index (χ2n) is 4.61. The highest BCUT2D eigenvalue weighted by Gasteiger charge is 2.14. The fraction of sp³-hybridized carbons (Fsp3) is 0.267. The number of halogens is 1. The lowest BCUT2D eigenvalue weighted by Gasteiger charge is -2.12. The van der Waals surface area contributed by atoms with Crippen LogP contribution in [-0.2, 0) is 0 Å². The van der Waals surface area contributed by atoms with E-state index in [-0.39, 0.29) is 17.8 Å². The fourth-order valence-corrected chi connectivity index (χ4v) is 1.82. The number of carbonyl (C=O) groups excluding carboxylic acids is 1. The summed E-state index contributed by atoms with van der Waals surface area (Å²) in [7, 11) is 0. The summed E-state index contributed by atoms with van der Waals surface area (Å²) in [6.45, 7) is 5.32. The van der Waals surface area contributed by atoms with E-state index in [1.807, 2.05) is 26.0 Å². The van der Waals surface area contributed by atoms with Gasteiger partial charge in [-0.25, -0.2) is 4.39 Å². The van der Waals surface area contributed by atoms with Crippen LogP contribution in [-0.4, -0.2) is 5.91 Å². The van der Waals surface area contributed by atoms with Gasteiger partial charge in [0.25, 0.3) is 5.91 Å². The molecule has 1 heterocycles. The lowest BCUT2D eigenvalue weighted by Crippen LogP contribution is -2.26. The summed E-state index contributed by atoms with van der Waals surface area (Å²) in [4.78, 5) is 12.0. The maximum atomic E-state index is 13.1. The van der Waals surface area contributed by atoms with Crippen molar-refractivity contribution in [2.45, 2.75) is 26.8 Å². The van der Waals surface area contributed by atoms with Gasteiger partial charge in [-0.3, -0.25) is 4.79 Å². The quantitative estimate of drug-likeness (QED) is 0.918. The van der Waals surface area contributed by atoms with Crippen molar-refractivity contribution in [3.63, 3.8) is 0 Å². The molecule has 1 N–H and O–H groups in total. The molecule has 0 saturated carbocycles. The average Bonchev–Trinajstić information content (AvgIpc) is 2.79. The predicted octanol–water partition coefficient (Wildman–Crippen LogP) is 3.53. The van der Waals surface area contributed by atoms with Gasteiger partial charge in [-0.2, -0.15) is 0 Å². The number of benzene rings is 1. The molecule has 0 spiro atoms.